The van der Waals surface area contributed by atoms with Crippen molar-refractivity contribution in [2.24, 2.45) is 0 Å². The summed E-state index contributed by atoms with van der Waals surface area (Å²) in [5.74, 6) is -2.41. The predicted octanol–water partition coefficient (Wildman–Crippen LogP) is 5.57. The van der Waals surface area contributed by atoms with Crippen LogP contribution in [0.4, 0.5) is 20.4 Å². The second kappa shape index (κ2) is 17.0. The average Bonchev–Trinajstić information content (AvgIpc) is 4.12. The lowest BCUT2D eigenvalue weighted by atomic mass is 10.0. The van der Waals surface area contributed by atoms with Gasteiger partial charge in [-0.2, -0.15) is 20.7 Å². The van der Waals surface area contributed by atoms with E-state index in [1.54, 1.807) is 0 Å². The zero-order valence-electron chi connectivity index (χ0n) is 40.7. The molecule has 2 atom stereocenters. The molecule has 0 radical (unpaired) electrons. The van der Waals surface area contributed by atoms with E-state index >= 15 is 0 Å². The highest BCUT2D eigenvalue weighted by atomic mass is 19.1. The third kappa shape index (κ3) is 8.12. The van der Waals surface area contributed by atoms with Crippen molar-refractivity contribution < 1.29 is 39.5 Å². The number of benzene rings is 2. The molecule has 0 spiro atoms. The van der Waals surface area contributed by atoms with Crippen LogP contribution in [-0.2, 0) is 13.1 Å². The van der Waals surface area contributed by atoms with Gasteiger partial charge < -0.3 is 30.6 Å². The second-order valence-electron chi connectivity index (χ2n) is 15.0. The third-order valence-corrected chi connectivity index (χ3v) is 10.2. The molecule has 2 saturated heterocycles. The number of rotatable bonds is 6. The molecule has 2 fully saturated rings. The highest BCUT2D eigenvalue weighted by Gasteiger charge is 2.35. The summed E-state index contributed by atoms with van der Waals surface area (Å²) in [4.78, 5) is 35.5. The Balaban J connectivity index is 0.000000206. The number of carbonyl (C=O) groups excluding carboxylic acids is 2. The van der Waals surface area contributed by atoms with Crippen LogP contribution in [0, 0.1) is 34.3 Å². The van der Waals surface area contributed by atoms with Crippen molar-refractivity contribution in [2.75, 3.05) is 35.8 Å². The van der Waals surface area contributed by atoms with Crippen molar-refractivity contribution in [1.29, 1.82) is 10.5 Å². The number of nitriles is 2. The summed E-state index contributed by atoms with van der Waals surface area (Å²) in [5, 5.41) is 53.9. The Kier molecular flexibility index (Phi) is 9.27. The predicted molar refractivity (Wildman–Crippen MR) is 234 cm³/mol. The standard InChI is InChI=1S/2C22H19FN6O2.2CH4/c2*1-22(31)6-8-28(12-22)18-5-7-29(27-18)17-9-15(26-16-11-25-21(30)20(16)17)19-13(10-24)3-2-4-14(19)23;;/h2*2-5,7,9,31H,6,8,11-12H2,1H3,(H,25,30);2*1H4/t22-;;;/m0.../s1/i2*8D2,12D2;;. The molecule has 4 aromatic heterocycles. The fraction of sp³-hybridized carbons (Fsp3) is 0.304. The number of halogens is 2. The number of fused-ring (bicyclic) bond motifs is 2. The number of amides is 2. The van der Waals surface area contributed by atoms with Gasteiger partial charge in [0.25, 0.3) is 11.8 Å². The Morgan fingerprint density at radius 1 is 0.688 bits per heavy atom. The first-order valence-electron chi connectivity index (χ1n) is 22.9. The van der Waals surface area contributed by atoms with E-state index in [2.05, 4.69) is 30.8 Å². The third-order valence-electron chi connectivity index (χ3n) is 10.2. The number of carbonyl (C=O) groups is 2. The summed E-state index contributed by atoms with van der Waals surface area (Å²) in [6, 6.07) is 17.5. The molecule has 2 amide bonds. The molecule has 4 aliphatic heterocycles. The minimum absolute atomic E-state index is 0. The number of β-amino-alcohol motifs (C(OH)–C–C–N with tert-alkyl or cyclic N) is 2. The quantitative estimate of drug-likeness (QED) is 0.162. The Hall–Kier alpha value is -7.54. The topological polar surface area (TPSA) is 214 Å². The average molecular weight is 877 g/mol. The Bertz CT molecular complexity index is 3080. The first kappa shape index (κ1) is 35.0. The molecule has 0 bridgehead atoms. The van der Waals surface area contributed by atoms with Gasteiger partial charge in [-0.25, -0.2) is 28.1 Å². The largest absolute Gasteiger partial charge is 0.388 e. The maximum atomic E-state index is 14.7. The molecule has 8 heterocycles. The van der Waals surface area contributed by atoms with Crippen LogP contribution in [0.25, 0.3) is 33.9 Å². The van der Waals surface area contributed by atoms with E-state index in [0.29, 0.717) is 11.4 Å². The van der Waals surface area contributed by atoms with Crippen LogP contribution in [0.1, 0.15) is 95.7 Å². The molecule has 0 aliphatic carbocycles. The summed E-state index contributed by atoms with van der Waals surface area (Å²) >= 11 is 0. The van der Waals surface area contributed by atoms with Crippen LogP contribution < -0.4 is 20.4 Å². The SMILES string of the molecule is C.C.[2H]C1([2H])CC(C)(O)C([2H])([2H])N1c1ccn(-c2cc(-c3c(F)cccc3C#N)nc3c2C(=O)NC3)n1.[2H]C1([2H])C[C@](C)(O)C([2H])([2H])N1c1ccn(-c2cc(-c3c(F)cccc3C#N)nc3c2C(=O)NC3)n1. The number of aliphatic hydroxyl groups is 2. The van der Waals surface area contributed by atoms with Gasteiger partial charge in [-0.05, 0) is 63.1 Å². The van der Waals surface area contributed by atoms with Gasteiger partial charge in [-0.3, -0.25) is 9.59 Å². The van der Waals surface area contributed by atoms with Crippen LogP contribution >= 0.6 is 0 Å². The molecular formula is C46H46F2N12O4. The summed E-state index contributed by atoms with van der Waals surface area (Å²) in [6.07, 6.45) is 1.85. The Labute approximate surface area is 379 Å². The van der Waals surface area contributed by atoms with Crippen LogP contribution in [0.3, 0.4) is 0 Å². The van der Waals surface area contributed by atoms with Crippen molar-refractivity contribution in [1.82, 2.24) is 40.2 Å². The number of hydrogen-bond acceptors (Lipinski definition) is 12. The molecule has 16 nitrogen and oxygen atoms in total. The summed E-state index contributed by atoms with van der Waals surface area (Å²) < 4.78 is 98.4. The van der Waals surface area contributed by atoms with E-state index < -0.39 is 73.5 Å². The van der Waals surface area contributed by atoms with E-state index in [1.807, 2.05) is 12.1 Å². The monoisotopic (exact) mass is 876 g/mol. The summed E-state index contributed by atoms with van der Waals surface area (Å²) in [6.45, 7) is -6.85. The van der Waals surface area contributed by atoms with E-state index in [4.69, 9.17) is 11.0 Å². The Morgan fingerprint density at radius 2 is 1.09 bits per heavy atom. The molecule has 64 heavy (non-hydrogen) atoms. The van der Waals surface area contributed by atoms with Crippen LogP contribution in [0.15, 0.2) is 73.1 Å². The number of nitrogens with one attached hydrogen (secondary N) is 2. The highest BCUT2D eigenvalue weighted by molar-refractivity contribution is 6.02. The maximum absolute atomic E-state index is 14.7. The molecule has 6 aromatic rings. The van der Waals surface area contributed by atoms with Gasteiger partial charge in [-0.1, -0.05) is 27.0 Å². The van der Waals surface area contributed by atoms with Crippen molar-refractivity contribution in [3.05, 3.63) is 118 Å². The van der Waals surface area contributed by atoms with Gasteiger partial charge >= 0.3 is 0 Å². The molecule has 4 N–H and O–H groups in total. The fourth-order valence-corrected chi connectivity index (χ4v) is 7.31. The molecular weight excluding hydrogens is 823 g/mol. The number of hydrogen-bond donors (Lipinski definition) is 4. The van der Waals surface area contributed by atoms with E-state index in [0.717, 1.165) is 9.80 Å². The van der Waals surface area contributed by atoms with Crippen LogP contribution in [0.2, 0.25) is 0 Å². The number of nitrogens with zero attached hydrogens (tertiary/aromatic N) is 10. The summed E-state index contributed by atoms with van der Waals surface area (Å²) in [7, 11) is 0. The smallest absolute Gasteiger partial charge is 0.255 e. The molecule has 1 unspecified atom stereocenters. The molecule has 328 valence electrons. The van der Waals surface area contributed by atoms with E-state index in [1.165, 1.54) is 96.3 Å². The van der Waals surface area contributed by atoms with Gasteiger partial charge in [0.2, 0.25) is 0 Å². The zero-order valence-corrected chi connectivity index (χ0v) is 32.7. The molecule has 0 saturated carbocycles. The Morgan fingerprint density at radius 3 is 1.45 bits per heavy atom. The lowest BCUT2D eigenvalue weighted by Crippen LogP contribution is -2.29. The van der Waals surface area contributed by atoms with Gasteiger partial charge in [0.05, 0.1) is 109 Å². The molecule has 18 heteroatoms. The first-order valence-corrected chi connectivity index (χ1v) is 18.9. The molecule has 2 aromatic carbocycles. The second-order valence-corrected chi connectivity index (χ2v) is 15.0. The van der Waals surface area contributed by atoms with Crippen molar-refractivity contribution in [3.63, 3.8) is 0 Å². The van der Waals surface area contributed by atoms with Crippen molar-refractivity contribution in [2.45, 2.75) is 65.8 Å². The van der Waals surface area contributed by atoms with Gasteiger partial charge in [-0.15, -0.1) is 0 Å². The van der Waals surface area contributed by atoms with Crippen LogP contribution in [0.5, 0.6) is 0 Å². The fourth-order valence-electron chi connectivity index (χ4n) is 7.31. The highest BCUT2D eigenvalue weighted by Crippen LogP contribution is 2.35. The zero-order chi connectivity index (χ0) is 50.7. The lowest BCUT2D eigenvalue weighted by Gasteiger charge is -2.18. The first-order chi connectivity index (χ1) is 32.7. The van der Waals surface area contributed by atoms with Crippen LogP contribution in [-0.4, -0.2) is 88.7 Å². The van der Waals surface area contributed by atoms with Gasteiger partial charge in [0, 0.05) is 56.0 Å². The van der Waals surface area contributed by atoms with E-state index in [9.17, 15) is 39.1 Å². The van der Waals surface area contributed by atoms with Gasteiger partial charge in [0.15, 0.2) is 11.6 Å². The normalized spacial score (nSPS) is 24.3. The van der Waals surface area contributed by atoms with Crippen molar-refractivity contribution >= 4 is 23.5 Å². The number of anilines is 2. The molecule has 4 aliphatic rings. The van der Waals surface area contributed by atoms with Gasteiger partial charge in [0.1, 0.15) is 11.6 Å². The number of aromatic nitrogens is 6. The maximum Gasteiger partial charge on any atom is 0.255 e. The summed E-state index contributed by atoms with van der Waals surface area (Å²) in [5.41, 5.74) is -2.30. The van der Waals surface area contributed by atoms with Crippen molar-refractivity contribution in [3.8, 4) is 46.0 Å². The minimum atomic E-state index is -2.48. The minimum Gasteiger partial charge on any atom is -0.388 e. The molecule has 10 rings (SSSR count). The van der Waals surface area contributed by atoms with E-state index in [-0.39, 0.29) is 95.7 Å². The number of pyridine rings is 2. The lowest BCUT2D eigenvalue weighted by molar-refractivity contribution is 0.0833.